The summed E-state index contributed by atoms with van der Waals surface area (Å²) in [6.45, 7) is 2.97. The molecule has 5 nitrogen and oxygen atoms in total. The molecule has 0 spiro atoms. The highest BCUT2D eigenvalue weighted by Gasteiger charge is 2.26. The lowest BCUT2D eigenvalue weighted by atomic mass is 10.0. The third-order valence-electron chi connectivity index (χ3n) is 5.86. The molecule has 1 amide bonds. The minimum absolute atomic E-state index is 0.173. The van der Waals surface area contributed by atoms with Crippen molar-refractivity contribution < 1.29 is 13.2 Å². The Morgan fingerprint density at radius 2 is 1.53 bits per heavy atom. The zero-order valence-corrected chi connectivity index (χ0v) is 19.1. The van der Waals surface area contributed by atoms with Gasteiger partial charge in [-0.15, -0.1) is 0 Å². The topological polar surface area (TPSA) is 66.5 Å². The Hall–Kier alpha value is -2.96. The Kier molecular flexibility index (Phi) is 6.72. The van der Waals surface area contributed by atoms with Crippen LogP contribution in [0.1, 0.15) is 30.4 Å². The quantitative estimate of drug-likeness (QED) is 0.576. The second-order valence-electron chi connectivity index (χ2n) is 8.23. The third kappa shape index (κ3) is 5.09. The number of sulfonamides is 1. The van der Waals surface area contributed by atoms with Crippen LogP contribution in [0.15, 0.2) is 77.7 Å². The smallest absolute Gasteiger partial charge is 0.243 e. The number of hydrogen-bond acceptors (Lipinski definition) is 3. The summed E-state index contributed by atoms with van der Waals surface area (Å²) in [6, 6.07) is 23.0. The van der Waals surface area contributed by atoms with Crippen LogP contribution in [0, 0.1) is 6.92 Å². The number of piperidine rings is 1. The van der Waals surface area contributed by atoms with Gasteiger partial charge in [0.15, 0.2) is 0 Å². The first-order valence-corrected chi connectivity index (χ1v) is 12.4. The molecule has 1 saturated heterocycles. The van der Waals surface area contributed by atoms with Crippen molar-refractivity contribution in [2.45, 2.75) is 37.5 Å². The Balaban J connectivity index is 1.45. The van der Waals surface area contributed by atoms with Crippen LogP contribution in [0.2, 0.25) is 0 Å². The number of carbonyl (C=O) groups excluding carboxylic acids is 1. The largest absolute Gasteiger partial charge is 0.326 e. The minimum Gasteiger partial charge on any atom is -0.326 e. The van der Waals surface area contributed by atoms with Crippen LogP contribution < -0.4 is 5.32 Å². The third-order valence-corrected chi connectivity index (χ3v) is 7.76. The van der Waals surface area contributed by atoms with Crippen molar-refractivity contribution in [3.63, 3.8) is 0 Å². The van der Waals surface area contributed by atoms with Gasteiger partial charge in [-0.25, -0.2) is 8.42 Å². The van der Waals surface area contributed by atoms with E-state index in [4.69, 9.17) is 0 Å². The molecular formula is C26H28N2O3S. The van der Waals surface area contributed by atoms with E-state index in [0.29, 0.717) is 18.8 Å². The number of benzene rings is 3. The van der Waals surface area contributed by atoms with E-state index in [0.717, 1.165) is 41.5 Å². The fraction of sp³-hybridized carbons (Fsp3) is 0.269. The number of nitrogens with one attached hydrogen (secondary N) is 1. The SMILES string of the molecule is Cc1ccc(S(=O)(=O)N2CCCCC2)cc1NC(=O)Cc1ccc(-c2ccccc2)cc1. The average Bonchev–Trinajstić information content (AvgIpc) is 2.82. The molecule has 3 aromatic rings. The maximum Gasteiger partial charge on any atom is 0.243 e. The van der Waals surface area contributed by atoms with Crippen molar-refractivity contribution in [2.75, 3.05) is 18.4 Å². The molecule has 0 bridgehead atoms. The van der Waals surface area contributed by atoms with Crippen LogP contribution in [0.3, 0.4) is 0 Å². The number of nitrogens with zero attached hydrogens (tertiary/aromatic N) is 1. The van der Waals surface area contributed by atoms with Crippen LogP contribution in [-0.4, -0.2) is 31.7 Å². The van der Waals surface area contributed by atoms with E-state index in [9.17, 15) is 13.2 Å². The molecule has 166 valence electrons. The van der Waals surface area contributed by atoms with Gasteiger partial charge in [0, 0.05) is 18.8 Å². The van der Waals surface area contributed by atoms with Gasteiger partial charge in [0.2, 0.25) is 15.9 Å². The maximum absolute atomic E-state index is 13.0. The van der Waals surface area contributed by atoms with Gasteiger partial charge in [0.25, 0.3) is 0 Å². The molecule has 0 unspecified atom stereocenters. The predicted molar refractivity (Wildman–Crippen MR) is 128 cm³/mol. The van der Waals surface area contributed by atoms with Gasteiger partial charge in [0.1, 0.15) is 0 Å². The van der Waals surface area contributed by atoms with E-state index in [-0.39, 0.29) is 17.2 Å². The normalized spacial score (nSPS) is 14.8. The van der Waals surface area contributed by atoms with E-state index in [2.05, 4.69) is 17.4 Å². The Morgan fingerprint density at radius 3 is 2.22 bits per heavy atom. The van der Waals surface area contributed by atoms with Crippen LogP contribution >= 0.6 is 0 Å². The van der Waals surface area contributed by atoms with Gasteiger partial charge < -0.3 is 5.32 Å². The summed E-state index contributed by atoms with van der Waals surface area (Å²) in [5.74, 6) is -0.173. The zero-order valence-electron chi connectivity index (χ0n) is 18.3. The number of carbonyl (C=O) groups is 1. The molecule has 3 aromatic carbocycles. The molecular weight excluding hydrogens is 420 g/mol. The second-order valence-corrected chi connectivity index (χ2v) is 10.2. The Labute approximate surface area is 190 Å². The standard InChI is InChI=1S/C26H28N2O3S/c1-20-10-15-24(32(30,31)28-16-6-3-7-17-28)19-25(20)27-26(29)18-21-11-13-23(14-12-21)22-8-4-2-5-9-22/h2,4-5,8-15,19H,3,6-7,16-18H2,1H3,(H,27,29). The first-order chi connectivity index (χ1) is 15.4. The fourth-order valence-electron chi connectivity index (χ4n) is 3.98. The lowest BCUT2D eigenvalue weighted by Crippen LogP contribution is -2.35. The van der Waals surface area contributed by atoms with Crippen molar-refractivity contribution in [3.8, 4) is 11.1 Å². The van der Waals surface area contributed by atoms with Crippen molar-refractivity contribution >= 4 is 21.6 Å². The number of aryl methyl sites for hydroxylation is 1. The van der Waals surface area contributed by atoms with Crippen LogP contribution in [0.5, 0.6) is 0 Å². The van der Waals surface area contributed by atoms with Crippen LogP contribution in [0.4, 0.5) is 5.69 Å². The summed E-state index contributed by atoms with van der Waals surface area (Å²) in [4.78, 5) is 12.9. The van der Waals surface area contributed by atoms with Crippen molar-refractivity contribution in [3.05, 3.63) is 83.9 Å². The summed E-state index contributed by atoms with van der Waals surface area (Å²) in [7, 11) is -3.55. The number of hydrogen-bond donors (Lipinski definition) is 1. The van der Waals surface area contributed by atoms with Crippen LogP contribution in [0.25, 0.3) is 11.1 Å². The molecule has 1 N–H and O–H groups in total. The number of amides is 1. The summed E-state index contributed by atoms with van der Waals surface area (Å²) >= 11 is 0. The molecule has 0 aromatic heterocycles. The Morgan fingerprint density at radius 1 is 0.875 bits per heavy atom. The summed E-state index contributed by atoms with van der Waals surface area (Å²) in [5, 5.41) is 2.90. The van der Waals surface area contributed by atoms with E-state index < -0.39 is 10.0 Å². The lowest BCUT2D eigenvalue weighted by Gasteiger charge is -2.26. The Bertz CT molecular complexity index is 1180. The van der Waals surface area contributed by atoms with E-state index in [1.54, 1.807) is 22.5 Å². The van der Waals surface area contributed by atoms with E-state index in [1.165, 1.54) is 0 Å². The lowest BCUT2D eigenvalue weighted by molar-refractivity contribution is -0.115. The van der Waals surface area contributed by atoms with Gasteiger partial charge in [-0.3, -0.25) is 4.79 Å². The average molecular weight is 449 g/mol. The highest BCUT2D eigenvalue weighted by molar-refractivity contribution is 7.89. The van der Waals surface area contributed by atoms with E-state index in [1.807, 2.05) is 49.4 Å². The molecule has 1 fully saturated rings. The molecule has 0 saturated carbocycles. The minimum atomic E-state index is -3.55. The molecule has 1 aliphatic rings. The molecule has 1 heterocycles. The summed E-state index contributed by atoms with van der Waals surface area (Å²) in [6.07, 6.45) is 3.06. The van der Waals surface area contributed by atoms with Gasteiger partial charge in [-0.2, -0.15) is 4.31 Å². The highest BCUT2D eigenvalue weighted by Crippen LogP contribution is 2.25. The van der Waals surface area contributed by atoms with Gasteiger partial charge in [0.05, 0.1) is 11.3 Å². The second kappa shape index (κ2) is 9.67. The number of rotatable bonds is 6. The molecule has 32 heavy (non-hydrogen) atoms. The molecule has 1 aliphatic heterocycles. The van der Waals surface area contributed by atoms with Crippen molar-refractivity contribution in [1.82, 2.24) is 4.31 Å². The molecule has 0 radical (unpaired) electrons. The monoisotopic (exact) mass is 448 g/mol. The van der Waals surface area contributed by atoms with Crippen molar-refractivity contribution in [1.29, 1.82) is 0 Å². The van der Waals surface area contributed by atoms with E-state index >= 15 is 0 Å². The highest BCUT2D eigenvalue weighted by atomic mass is 32.2. The molecule has 4 rings (SSSR count). The first kappa shape index (κ1) is 22.2. The number of anilines is 1. The van der Waals surface area contributed by atoms with Gasteiger partial charge in [-0.05, 0) is 54.2 Å². The van der Waals surface area contributed by atoms with Gasteiger partial charge in [-0.1, -0.05) is 67.1 Å². The fourth-order valence-corrected chi connectivity index (χ4v) is 5.52. The van der Waals surface area contributed by atoms with Gasteiger partial charge >= 0.3 is 0 Å². The summed E-state index contributed by atoms with van der Waals surface area (Å²) in [5.41, 5.74) is 4.49. The molecule has 0 atom stereocenters. The summed E-state index contributed by atoms with van der Waals surface area (Å²) < 4.78 is 27.5. The molecule has 0 aliphatic carbocycles. The maximum atomic E-state index is 13.0. The van der Waals surface area contributed by atoms with Crippen molar-refractivity contribution in [2.24, 2.45) is 0 Å². The zero-order chi connectivity index (χ0) is 22.6. The predicted octanol–water partition coefficient (Wildman–Crippen LogP) is 5.02. The first-order valence-electron chi connectivity index (χ1n) is 11.0. The molecule has 6 heteroatoms. The van der Waals surface area contributed by atoms with Crippen LogP contribution in [-0.2, 0) is 21.2 Å².